The number of para-hydroxylation sites is 1. The maximum Gasteiger partial charge on any atom is 0.197 e. The standard InChI is InChI=1S/C18H15NO3/c1-18(2)9-15(20)12-7-11-14(8-16(12)22-18)19-13-6-4-3-5-10(13)17(11)21/h3-8H,9H2,1-2H3,(H,19,21). The molecule has 1 aromatic heterocycles. The van der Waals surface area contributed by atoms with Gasteiger partial charge in [0.2, 0.25) is 0 Å². The Kier molecular flexibility index (Phi) is 2.49. The third kappa shape index (κ3) is 1.84. The van der Waals surface area contributed by atoms with E-state index in [0.29, 0.717) is 34.0 Å². The summed E-state index contributed by atoms with van der Waals surface area (Å²) in [5.74, 6) is 0.556. The van der Waals surface area contributed by atoms with E-state index in [0.717, 1.165) is 5.52 Å². The Morgan fingerprint density at radius 2 is 1.82 bits per heavy atom. The van der Waals surface area contributed by atoms with Crippen molar-refractivity contribution in [2.75, 3.05) is 0 Å². The van der Waals surface area contributed by atoms with Gasteiger partial charge in [-0.1, -0.05) is 12.1 Å². The van der Waals surface area contributed by atoms with Crippen molar-refractivity contribution in [3.05, 3.63) is 52.2 Å². The number of Topliss-reactive ketones (excluding diaryl/α,β-unsaturated/α-hetero) is 1. The number of aromatic nitrogens is 1. The number of benzene rings is 2. The molecular weight excluding hydrogens is 278 g/mol. The summed E-state index contributed by atoms with van der Waals surface area (Å²) in [5.41, 5.74) is 1.38. The molecule has 2 aromatic carbocycles. The lowest BCUT2D eigenvalue weighted by molar-refractivity contribution is 0.0621. The van der Waals surface area contributed by atoms with E-state index in [1.165, 1.54) is 0 Å². The summed E-state index contributed by atoms with van der Waals surface area (Å²) in [6.07, 6.45) is 0.316. The molecule has 1 aliphatic heterocycles. The summed E-state index contributed by atoms with van der Waals surface area (Å²) in [5, 5.41) is 1.15. The molecule has 110 valence electrons. The monoisotopic (exact) mass is 293 g/mol. The topological polar surface area (TPSA) is 59.2 Å². The average molecular weight is 293 g/mol. The van der Waals surface area contributed by atoms with Crippen LogP contribution in [-0.4, -0.2) is 16.4 Å². The number of carbonyl (C=O) groups excluding carboxylic acids is 1. The fourth-order valence-electron chi connectivity index (χ4n) is 3.07. The molecule has 0 unspecified atom stereocenters. The van der Waals surface area contributed by atoms with Crippen LogP contribution in [0.2, 0.25) is 0 Å². The van der Waals surface area contributed by atoms with Crippen molar-refractivity contribution in [3.63, 3.8) is 0 Å². The minimum atomic E-state index is -0.519. The zero-order valence-corrected chi connectivity index (χ0v) is 12.4. The molecule has 0 spiro atoms. The van der Waals surface area contributed by atoms with Crippen LogP contribution in [0.4, 0.5) is 0 Å². The van der Waals surface area contributed by atoms with E-state index in [4.69, 9.17) is 4.74 Å². The highest BCUT2D eigenvalue weighted by atomic mass is 16.5. The number of carbonyl (C=O) groups is 1. The number of ether oxygens (including phenoxy) is 1. The number of ketones is 1. The number of pyridine rings is 1. The molecule has 0 fully saturated rings. The highest BCUT2D eigenvalue weighted by molar-refractivity contribution is 6.05. The van der Waals surface area contributed by atoms with E-state index < -0.39 is 5.60 Å². The fraction of sp³-hybridized carbons (Fsp3) is 0.222. The Morgan fingerprint density at radius 1 is 1.05 bits per heavy atom. The minimum Gasteiger partial charge on any atom is -0.487 e. The molecule has 2 heterocycles. The van der Waals surface area contributed by atoms with Crippen molar-refractivity contribution < 1.29 is 9.53 Å². The van der Waals surface area contributed by atoms with Gasteiger partial charge >= 0.3 is 0 Å². The molecule has 0 atom stereocenters. The fourth-order valence-corrected chi connectivity index (χ4v) is 3.07. The van der Waals surface area contributed by atoms with Gasteiger partial charge in [0.1, 0.15) is 11.4 Å². The first-order chi connectivity index (χ1) is 10.4. The van der Waals surface area contributed by atoms with Gasteiger partial charge in [0, 0.05) is 22.4 Å². The van der Waals surface area contributed by atoms with Crippen molar-refractivity contribution in [1.29, 1.82) is 0 Å². The zero-order valence-electron chi connectivity index (χ0n) is 12.4. The van der Waals surface area contributed by atoms with Crippen molar-refractivity contribution in [2.45, 2.75) is 25.9 Å². The van der Waals surface area contributed by atoms with Crippen LogP contribution in [-0.2, 0) is 0 Å². The predicted octanol–water partition coefficient (Wildman–Crippen LogP) is 3.43. The van der Waals surface area contributed by atoms with E-state index in [2.05, 4.69) is 4.98 Å². The van der Waals surface area contributed by atoms with Gasteiger partial charge < -0.3 is 9.72 Å². The number of hydrogen-bond donors (Lipinski definition) is 1. The molecule has 22 heavy (non-hydrogen) atoms. The van der Waals surface area contributed by atoms with Gasteiger partial charge in [0.05, 0.1) is 17.5 Å². The molecular formula is C18H15NO3. The molecule has 0 bridgehead atoms. The van der Waals surface area contributed by atoms with Gasteiger partial charge in [-0.25, -0.2) is 0 Å². The first-order valence-corrected chi connectivity index (χ1v) is 7.26. The van der Waals surface area contributed by atoms with E-state index >= 15 is 0 Å². The summed E-state index contributed by atoms with van der Waals surface area (Å²) in [6, 6.07) is 10.8. The number of H-pyrrole nitrogens is 1. The maximum absolute atomic E-state index is 12.6. The lowest BCUT2D eigenvalue weighted by Crippen LogP contribution is -2.36. The van der Waals surface area contributed by atoms with Crippen LogP contribution in [0.15, 0.2) is 41.2 Å². The summed E-state index contributed by atoms with van der Waals surface area (Å²) in [7, 11) is 0. The van der Waals surface area contributed by atoms with E-state index in [1.807, 2.05) is 32.0 Å². The van der Waals surface area contributed by atoms with Crippen molar-refractivity contribution in [3.8, 4) is 5.75 Å². The quantitative estimate of drug-likeness (QED) is 0.646. The summed E-state index contributed by atoms with van der Waals surface area (Å²) in [4.78, 5) is 28.2. The lowest BCUT2D eigenvalue weighted by atomic mass is 9.92. The molecule has 4 rings (SSSR count). The Hall–Kier alpha value is -2.62. The number of aromatic amines is 1. The first kappa shape index (κ1) is 13.1. The van der Waals surface area contributed by atoms with Crippen LogP contribution in [0.5, 0.6) is 5.75 Å². The lowest BCUT2D eigenvalue weighted by Gasteiger charge is -2.31. The number of nitrogens with one attached hydrogen (secondary N) is 1. The first-order valence-electron chi connectivity index (χ1n) is 7.26. The molecule has 0 aliphatic carbocycles. The Morgan fingerprint density at radius 3 is 2.64 bits per heavy atom. The van der Waals surface area contributed by atoms with Gasteiger partial charge in [-0.15, -0.1) is 0 Å². The van der Waals surface area contributed by atoms with Crippen LogP contribution in [0.3, 0.4) is 0 Å². The van der Waals surface area contributed by atoms with Crippen molar-refractivity contribution in [1.82, 2.24) is 4.98 Å². The molecule has 1 aliphatic rings. The second kappa shape index (κ2) is 4.19. The highest BCUT2D eigenvalue weighted by Crippen LogP contribution is 2.35. The molecule has 3 aromatic rings. The number of fused-ring (bicyclic) bond motifs is 3. The van der Waals surface area contributed by atoms with Gasteiger partial charge in [0.25, 0.3) is 0 Å². The third-order valence-corrected chi connectivity index (χ3v) is 4.08. The summed E-state index contributed by atoms with van der Waals surface area (Å²) >= 11 is 0. The average Bonchev–Trinajstić information content (AvgIpc) is 2.45. The van der Waals surface area contributed by atoms with Crippen LogP contribution in [0, 0.1) is 0 Å². The van der Waals surface area contributed by atoms with Crippen LogP contribution >= 0.6 is 0 Å². The van der Waals surface area contributed by atoms with Crippen LogP contribution < -0.4 is 10.2 Å². The van der Waals surface area contributed by atoms with Gasteiger partial charge in [-0.05, 0) is 32.0 Å². The van der Waals surface area contributed by atoms with Crippen LogP contribution in [0.25, 0.3) is 21.8 Å². The normalized spacial score (nSPS) is 16.5. The molecule has 0 radical (unpaired) electrons. The number of hydrogen-bond acceptors (Lipinski definition) is 3. The smallest absolute Gasteiger partial charge is 0.197 e. The Bertz CT molecular complexity index is 998. The molecule has 0 saturated heterocycles. The maximum atomic E-state index is 12.6. The second-order valence-corrected chi connectivity index (χ2v) is 6.36. The molecule has 4 heteroatoms. The van der Waals surface area contributed by atoms with E-state index in [9.17, 15) is 9.59 Å². The van der Waals surface area contributed by atoms with Crippen molar-refractivity contribution in [2.24, 2.45) is 0 Å². The molecule has 1 N–H and O–H groups in total. The predicted molar refractivity (Wildman–Crippen MR) is 85.7 cm³/mol. The SMILES string of the molecule is CC1(C)CC(=O)c2cc3c(=O)c4ccccc4[nH]c3cc2O1. The van der Waals surface area contributed by atoms with Gasteiger partial charge in [0.15, 0.2) is 11.2 Å². The van der Waals surface area contributed by atoms with E-state index in [1.54, 1.807) is 18.2 Å². The van der Waals surface area contributed by atoms with Crippen LogP contribution in [0.1, 0.15) is 30.6 Å². The number of rotatable bonds is 0. The minimum absolute atomic E-state index is 0.0145. The zero-order chi connectivity index (χ0) is 15.5. The summed E-state index contributed by atoms with van der Waals surface area (Å²) in [6.45, 7) is 3.78. The Labute approximate surface area is 126 Å². The third-order valence-electron chi connectivity index (χ3n) is 4.08. The summed E-state index contributed by atoms with van der Waals surface area (Å²) < 4.78 is 5.91. The Balaban J connectivity index is 2.09. The highest BCUT2D eigenvalue weighted by Gasteiger charge is 2.33. The van der Waals surface area contributed by atoms with Crippen molar-refractivity contribution >= 4 is 27.6 Å². The molecule has 4 nitrogen and oxygen atoms in total. The van der Waals surface area contributed by atoms with Gasteiger partial charge in [-0.2, -0.15) is 0 Å². The molecule has 0 saturated carbocycles. The van der Waals surface area contributed by atoms with E-state index in [-0.39, 0.29) is 11.2 Å². The largest absolute Gasteiger partial charge is 0.487 e. The second-order valence-electron chi connectivity index (χ2n) is 6.36. The molecule has 0 amide bonds. The van der Waals surface area contributed by atoms with Gasteiger partial charge in [-0.3, -0.25) is 9.59 Å².